The zero-order valence-corrected chi connectivity index (χ0v) is 16.4. The molecule has 8 heteroatoms. The van der Waals surface area contributed by atoms with E-state index < -0.39 is 18.5 Å². The third-order valence-corrected chi connectivity index (χ3v) is 4.54. The van der Waals surface area contributed by atoms with E-state index in [1.54, 1.807) is 30.9 Å². The quantitative estimate of drug-likeness (QED) is 0.508. The SMILES string of the molecule is C=CCC(/C=C(\C)C#N)SC1=C(C(F)(F)F)N=C(CO)N(CC)C1.CC. The first kappa shape index (κ1) is 24.3. The Morgan fingerprint density at radius 1 is 1.50 bits per heavy atom. The van der Waals surface area contributed by atoms with E-state index in [9.17, 15) is 18.3 Å². The van der Waals surface area contributed by atoms with Crippen molar-refractivity contribution in [1.29, 1.82) is 5.26 Å². The molecular weight excluding hydrogens is 363 g/mol. The van der Waals surface area contributed by atoms with Gasteiger partial charge in [-0.15, -0.1) is 18.3 Å². The highest BCUT2D eigenvalue weighted by molar-refractivity contribution is 8.03. The molecule has 1 aliphatic rings. The smallest absolute Gasteiger partial charge is 0.388 e. The molecule has 1 aliphatic heterocycles. The predicted octanol–water partition coefficient (Wildman–Crippen LogP) is 4.66. The van der Waals surface area contributed by atoms with Crippen LogP contribution in [0.3, 0.4) is 0 Å². The summed E-state index contributed by atoms with van der Waals surface area (Å²) in [5.41, 5.74) is -0.537. The van der Waals surface area contributed by atoms with Crippen LogP contribution >= 0.6 is 11.8 Å². The van der Waals surface area contributed by atoms with E-state index in [4.69, 9.17) is 5.26 Å². The lowest BCUT2D eigenvalue weighted by Crippen LogP contribution is -2.39. The molecule has 0 aromatic carbocycles. The number of aliphatic imine (C=N–C) groups is 1. The molecule has 0 spiro atoms. The second-order valence-electron chi connectivity index (χ2n) is 5.11. The molecule has 1 unspecified atom stereocenters. The Morgan fingerprint density at radius 2 is 2.12 bits per heavy atom. The molecule has 1 N–H and O–H groups in total. The lowest BCUT2D eigenvalue weighted by molar-refractivity contribution is -0.0933. The fraction of sp³-hybridized carbons (Fsp3) is 0.556. The first-order chi connectivity index (χ1) is 12.3. The van der Waals surface area contributed by atoms with Gasteiger partial charge in [0.25, 0.3) is 0 Å². The molecule has 0 aromatic rings. The number of hydrogen-bond acceptors (Lipinski definition) is 5. The topological polar surface area (TPSA) is 59.6 Å². The third-order valence-electron chi connectivity index (χ3n) is 3.30. The maximum absolute atomic E-state index is 13.3. The van der Waals surface area contributed by atoms with Crippen LogP contribution in [0.4, 0.5) is 13.2 Å². The van der Waals surface area contributed by atoms with Crippen LogP contribution in [-0.4, -0.2) is 47.0 Å². The number of aliphatic hydroxyl groups is 1. The van der Waals surface area contributed by atoms with Crippen LogP contribution in [0.15, 0.2) is 39.9 Å². The van der Waals surface area contributed by atoms with Gasteiger partial charge < -0.3 is 10.0 Å². The van der Waals surface area contributed by atoms with Crippen LogP contribution in [0.25, 0.3) is 0 Å². The van der Waals surface area contributed by atoms with Crippen LogP contribution in [0.2, 0.25) is 0 Å². The van der Waals surface area contributed by atoms with Gasteiger partial charge in [0.1, 0.15) is 12.4 Å². The van der Waals surface area contributed by atoms with Crippen LogP contribution in [0.1, 0.15) is 34.1 Å². The highest BCUT2D eigenvalue weighted by Crippen LogP contribution is 2.39. The van der Waals surface area contributed by atoms with E-state index in [0.717, 1.165) is 11.8 Å². The second kappa shape index (κ2) is 11.8. The fourth-order valence-corrected chi connectivity index (χ4v) is 3.53. The number of nitrogens with zero attached hydrogens (tertiary/aromatic N) is 3. The van der Waals surface area contributed by atoms with E-state index >= 15 is 0 Å². The lowest BCUT2D eigenvalue weighted by atomic mass is 10.2. The van der Waals surface area contributed by atoms with Crippen molar-refractivity contribution in [3.05, 3.63) is 34.9 Å². The number of nitriles is 1. The molecule has 1 heterocycles. The Bertz CT molecular complexity index is 604. The summed E-state index contributed by atoms with van der Waals surface area (Å²) < 4.78 is 40.0. The standard InChI is InChI=1S/C16H20F3N3OS.C2H6/c1-4-6-12(7-11(3)8-20)24-13-9-22(5-2)14(10-23)21-15(13)16(17,18)19;1-2/h4,7,12,23H,1,5-6,9-10H2,2-3H3;1-2H3/b11-7+;. The number of halogens is 3. The largest absolute Gasteiger partial charge is 0.434 e. The molecule has 0 aromatic heterocycles. The third kappa shape index (κ3) is 7.26. The van der Waals surface area contributed by atoms with E-state index in [1.165, 1.54) is 0 Å². The second-order valence-corrected chi connectivity index (χ2v) is 6.45. The van der Waals surface area contributed by atoms with E-state index in [1.807, 2.05) is 19.9 Å². The van der Waals surface area contributed by atoms with E-state index in [-0.39, 0.29) is 22.5 Å². The van der Waals surface area contributed by atoms with Crippen LogP contribution in [0.5, 0.6) is 0 Å². The molecule has 0 saturated heterocycles. The van der Waals surface area contributed by atoms with Crippen LogP contribution in [-0.2, 0) is 0 Å². The van der Waals surface area contributed by atoms with Gasteiger partial charge >= 0.3 is 6.18 Å². The predicted molar refractivity (Wildman–Crippen MR) is 102 cm³/mol. The molecule has 26 heavy (non-hydrogen) atoms. The minimum absolute atomic E-state index is 0.0122. The molecule has 0 radical (unpaired) electrons. The molecule has 0 fully saturated rings. The minimum atomic E-state index is -4.60. The van der Waals surface area contributed by atoms with Gasteiger partial charge in [0.05, 0.1) is 12.6 Å². The highest BCUT2D eigenvalue weighted by atomic mass is 32.2. The molecular formula is C18H26F3N3OS. The van der Waals surface area contributed by atoms with Gasteiger partial charge in [-0.05, 0) is 20.3 Å². The molecule has 4 nitrogen and oxygen atoms in total. The number of thioether (sulfide) groups is 1. The first-order valence-corrected chi connectivity index (χ1v) is 9.24. The van der Waals surface area contributed by atoms with Gasteiger partial charge in [0, 0.05) is 22.3 Å². The van der Waals surface area contributed by atoms with E-state index in [0.29, 0.717) is 18.5 Å². The van der Waals surface area contributed by atoms with Crippen molar-refractivity contribution >= 4 is 17.6 Å². The summed E-state index contributed by atoms with van der Waals surface area (Å²) in [6.45, 7) is 10.9. The Balaban J connectivity index is 0.00000301. The molecule has 0 saturated carbocycles. The van der Waals surface area contributed by atoms with Crippen LogP contribution < -0.4 is 0 Å². The summed E-state index contributed by atoms with van der Waals surface area (Å²) in [5, 5.41) is 17.8. The Morgan fingerprint density at radius 3 is 2.54 bits per heavy atom. The zero-order valence-electron chi connectivity index (χ0n) is 15.6. The summed E-state index contributed by atoms with van der Waals surface area (Å²) in [6.07, 6.45) is -0.930. The van der Waals surface area contributed by atoms with Gasteiger partial charge in [0.15, 0.2) is 5.70 Å². The van der Waals surface area contributed by atoms with Crippen molar-refractivity contribution in [2.75, 3.05) is 19.7 Å². The summed E-state index contributed by atoms with van der Waals surface area (Å²) in [5.74, 6) is 0.0122. The van der Waals surface area contributed by atoms with Gasteiger partial charge in [-0.25, -0.2) is 4.99 Å². The zero-order chi connectivity index (χ0) is 20.3. The minimum Gasteiger partial charge on any atom is -0.388 e. The number of likely N-dealkylation sites (N-methyl/N-ethyl adjacent to an activating group) is 1. The van der Waals surface area contributed by atoms with Crippen molar-refractivity contribution in [2.24, 2.45) is 4.99 Å². The van der Waals surface area contributed by atoms with Crippen molar-refractivity contribution in [2.45, 2.75) is 45.5 Å². The average Bonchev–Trinajstić information content (AvgIpc) is 2.62. The maximum Gasteiger partial charge on any atom is 0.434 e. The molecule has 0 amide bonds. The summed E-state index contributed by atoms with van der Waals surface area (Å²) in [6, 6.07) is 1.97. The van der Waals surface area contributed by atoms with Gasteiger partial charge in [-0.2, -0.15) is 18.4 Å². The monoisotopic (exact) mass is 389 g/mol. The highest BCUT2D eigenvalue weighted by Gasteiger charge is 2.40. The van der Waals surface area contributed by atoms with Gasteiger partial charge in [-0.3, -0.25) is 0 Å². The van der Waals surface area contributed by atoms with Gasteiger partial charge in [-0.1, -0.05) is 26.0 Å². The summed E-state index contributed by atoms with van der Waals surface area (Å²) >= 11 is 1.03. The maximum atomic E-state index is 13.3. The number of aliphatic hydroxyl groups excluding tert-OH is 1. The first-order valence-electron chi connectivity index (χ1n) is 8.36. The molecule has 1 rings (SSSR count). The van der Waals surface area contributed by atoms with E-state index in [2.05, 4.69) is 11.6 Å². The van der Waals surface area contributed by atoms with Crippen LogP contribution in [0, 0.1) is 11.3 Å². The fourth-order valence-electron chi connectivity index (χ4n) is 2.16. The molecule has 0 bridgehead atoms. The Labute approximate surface area is 157 Å². The summed E-state index contributed by atoms with van der Waals surface area (Å²) in [7, 11) is 0. The Hall–Kier alpha value is -1.72. The molecule has 1 atom stereocenters. The van der Waals surface area contributed by atoms with Crippen molar-refractivity contribution < 1.29 is 18.3 Å². The Kier molecular flexibility index (Phi) is 11.0. The number of alkyl halides is 3. The van der Waals surface area contributed by atoms with Gasteiger partial charge in [0.2, 0.25) is 0 Å². The average molecular weight is 389 g/mol. The number of allylic oxidation sites excluding steroid dienone is 3. The summed E-state index contributed by atoms with van der Waals surface area (Å²) in [4.78, 5) is 5.31. The van der Waals surface area contributed by atoms with Crippen molar-refractivity contribution in [1.82, 2.24) is 4.90 Å². The van der Waals surface area contributed by atoms with Crippen molar-refractivity contribution in [3.8, 4) is 6.07 Å². The van der Waals surface area contributed by atoms with Crippen molar-refractivity contribution in [3.63, 3.8) is 0 Å². The lowest BCUT2D eigenvalue weighted by Gasteiger charge is -2.31. The number of rotatable bonds is 7. The normalized spacial score (nSPS) is 16.3. The number of hydrogen-bond donors (Lipinski definition) is 1. The number of amidine groups is 1. The molecule has 0 aliphatic carbocycles. The molecule has 146 valence electrons.